The fraction of sp³-hybridized carbons (Fsp3) is 0.476. The average Bonchev–Trinajstić information content (AvgIpc) is 3.68. The van der Waals surface area contributed by atoms with Gasteiger partial charge in [-0.3, -0.25) is 19.4 Å². The van der Waals surface area contributed by atoms with Crippen LogP contribution >= 0.6 is 0 Å². The van der Waals surface area contributed by atoms with Crippen molar-refractivity contribution in [2.24, 2.45) is 11.8 Å². The van der Waals surface area contributed by atoms with Crippen LogP contribution < -0.4 is 0 Å². The smallest absolute Gasteiger partial charge is 0.319 e. The van der Waals surface area contributed by atoms with E-state index >= 15 is 0 Å². The molecule has 50 heavy (non-hydrogen) atoms. The monoisotopic (exact) mass is 672 g/mol. The van der Waals surface area contributed by atoms with E-state index < -0.39 is 10.8 Å². The summed E-state index contributed by atoms with van der Waals surface area (Å²) in [6.07, 6.45) is 10.5. The fourth-order valence-corrected chi connectivity index (χ4v) is 11.4. The molecule has 0 radical (unpaired) electrons. The van der Waals surface area contributed by atoms with Crippen LogP contribution in [0.15, 0.2) is 71.8 Å². The van der Waals surface area contributed by atoms with Crippen LogP contribution in [0, 0.1) is 11.8 Å². The lowest BCUT2D eigenvalue weighted by Crippen LogP contribution is -2.63. The van der Waals surface area contributed by atoms with E-state index in [9.17, 15) is 9.59 Å². The van der Waals surface area contributed by atoms with Gasteiger partial charge in [0.05, 0.1) is 26.3 Å². The number of carbonyl (C=O) groups excluding carboxylic acids is 2. The molecule has 2 aromatic carbocycles. The van der Waals surface area contributed by atoms with Crippen molar-refractivity contribution in [3.8, 4) is 0 Å². The molecule has 2 N–H and O–H groups in total. The van der Waals surface area contributed by atoms with Gasteiger partial charge in [0.25, 0.3) is 0 Å². The Labute approximate surface area is 293 Å². The number of ether oxygens (including phenoxy) is 2. The Morgan fingerprint density at radius 2 is 1.12 bits per heavy atom. The van der Waals surface area contributed by atoms with Crippen molar-refractivity contribution in [2.75, 3.05) is 40.4 Å². The van der Waals surface area contributed by atoms with Gasteiger partial charge in [0, 0.05) is 59.4 Å². The quantitative estimate of drug-likeness (QED) is 0.194. The predicted molar refractivity (Wildman–Crippen MR) is 195 cm³/mol. The second-order valence-electron chi connectivity index (χ2n) is 15.4. The summed E-state index contributed by atoms with van der Waals surface area (Å²) in [6, 6.07) is 17.1. The summed E-state index contributed by atoms with van der Waals surface area (Å²) in [5.41, 5.74) is 8.72. The van der Waals surface area contributed by atoms with Crippen LogP contribution in [-0.4, -0.2) is 84.2 Å². The molecular formula is C42H48N4O4. The number of aromatic amines is 2. The molecule has 2 aromatic heterocycles. The number of benzene rings is 2. The normalized spacial score (nSPS) is 32.9. The standard InChI is InChI=1S/2C21H24N2O2/c2*1-3-14-10-13-11-21(20(24)25-2)18-16(8-9-23(12-13)19(14)21)15-6-4-5-7-17(15)22-18/h2*4-7,10,13,19,22H,3,8-9,11-12H2,1-2H3. The molecule has 2 aliphatic carbocycles. The zero-order valence-corrected chi connectivity index (χ0v) is 29.7. The zero-order chi connectivity index (χ0) is 34.4. The van der Waals surface area contributed by atoms with Crippen LogP contribution in [0.4, 0.5) is 0 Å². The first-order chi connectivity index (χ1) is 24.4. The average molecular weight is 673 g/mol. The first-order valence-corrected chi connectivity index (χ1v) is 18.6. The molecule has 8 aliphatic rings. The number of nitrogens with zero attached hydrogens (tertiary/aromatic N) is 2. The number of H-pyrrole nitrogens is 2. The molecule has 8 heteroatoms. The van der Waals surface area contributed by atoms with E-state index in [1.165, 1.54) is 47.3 Å². The Bertz CT molecular complexity index is 1940. The molecule has 8 bridgehead atoms. The third-order valence-electron chi connectivity index (χ3n) is 13.1. The van der Waals surface area contributed by atoms with Gasteiger partial charge in [-0.1, -0.05) is 73.5 Å². The van der Waals surface area contributed by atoms with Gasteiger partial charge in [0.1, 0.15) is 10.8 Å². The van der Waals surface area contributed by atoms with Gasteiger partial charge in [0.15, 0.2) is 0 Å². The topological polar surface area (TPSA) is 90.7 Å². The van der Waals surface area contributed by atoms with Crippen LogP contribution in [0.3, 0.4) is 0 Å². The number of para-hydroxylation sites is 2. The Kier molecular flexibility index (Phi) is 7.45. The maximum atomic E-state index is 13.2. The van der Waals surface area contributed by atoms with E-state index in [4.69, 9.17) is 9.47 Å². The molecule has 8 nitrogen and oxygen atoms in total. The lowest BCUT2D eigenvalue weighted by atomic mass is 9.60. The summed E-state index contributed by atoms with van der Waals surface area (Å²) >= 11 is 0. The van der Waals surface area contributed by atoms with Crippen molar-refractivity contribution in [1.82, 2.24) is 19.8 Å². The number of hydrogen-bond acceptors (Lipinski definition) is 6. The van der Waals surface area contributed by atoms with E-state index in [0.717, 1.165) is 87.1 Å². The lowest BCUT2D eigenvalue weighted by molar-refractivity contribution is -0.154. The number of carbonyl (C=O) groups is 2. The van der Waals surface area contributed by atoms with E-state index in [2.05, 4.69) is 94.3 Å². The van der Waals surface area contributed by atoms with Crippen molar-refractivity contribution < 1.29 is 19.1 Å². The third-order valence-corrected chi connectivity index (χ3v) is 13.1. The molecule has 12 rings (SSSR count). The van der Waals surface area contributed by atoms with Gasteiger partial charge >= 0.3 is 11.9 Å². The van der Waals surface area contributed by atoms with E-state index in [1.54, 1.807) is 0 Å². The Hall–Kier alpha value is -4.14. The summed E-state index contributed by atoms with van der Waals surface area (Å²) in [5.74, 6) is 0.690. The molecular weight excluding hydrogens is 624 g/mol. The van der Waals surface area contributed by atoms with Crippen LogP contribution in [0.2, 0.25) is 0 Å². The first kappa shape index (κ1) is 31.8. The van der Waals surface area contributed by atoms with Gasteiger partial charge in [-0.05, 0) is 73.6 Å². The number of esters is 2. The molecule has 0 amide bonds. The molecule has 0 spiro atoms. The Balaban J connectivity index is 0.000000135. The highest BCUT2D eigenvalue weighted by Gasteiger charge is 2.62. The van der Waals surface area contributed by atoms with E-state index in [-0.39, 0.29) is 24.0 Å². The number of nitrogens with one attached hydrogen (secondary N) is 2. The minimum absolute atomic E-state index is 0.0824. The van der Waals surface area contributed by atoms with Gasteiger partial charge in [-0.25, -0.2) is 0 Å². The number of fused-ring (bicyclic) bond motifs is 6. The molecule has 2 saturated heterocycles. The maximum Gasteiger partial charge on any atom is 0.319 e. The summed E-state index contributed by atoms with van der Waals surface area (Å²) < 4.78 is 10.8. The lowest BCUT2D eigenvalue weighted by Gasteiger charge is -2.53. The van der Waals surface area contributed by atoms with Gasteiger partial charge < -0.3 is 19.4 Å². The second kappa shape index (κ2) is 11.7. The highest BCUT2D eigenvalue weighted by Crippen LogP contribution is 2.54. The molecule has 260 valence electrons. The molecule has 6 aliphatic heterocycles. The van der Waals surface area contributed by atoms with Crippen molar-refractivity contribution in [3.63, 3.8) is 0 Å². The first-order valence-electron chi connectivity index (χ1n) is 18.6. The molecule has 8 heterocycles. The fourth-order valence-electron chi connectivity index (χ4n) is 11.4. The number of aromatic nitrogens is 2. The summed E-state index contributed by atoms with van der Waals surface area (Å²) in [5, 5.41) is 2.51. The highest BCUT2D eigenvalue weighted by atomic mass is 16.5. The SMILES string of the molecule is CCC1=CC2CN3CCc4c([nH]c5ccccc45)C(C(=O)OC)(C2)C13.CCC1=CC2CN3CCc4c([nH]c5ccccc45)C(C(=O)OC)(C2)C13. The molecule has 8 unspecified atom stereocenters. The number of hydrogen-bond donors (Lipinski definition) is 2. The zero-order valence-electron chi connectivity index (χ0n) is 29.7. The summed E-state index contributed by atoms with van der Waals surface area (Å²) in [6.45, 7) is 8.55. The Morgan fingerprint density at radius 1 is 0.700 bits per heavy atom. The maximum absolute atomic E-state index is 13.2. The molecule has 2 fully saturated rings. The highest BCUT2D eigenvalue weighted by molar-refractivity contribution is 5.93. The third kappa shape index (κ3) is 4.24. The van der Waals surface area contributed by atoms with Crippen LogP contribution in [0.5, 0.6) is 0 Å². The largest absolute Gasteiger partial charge is 0.468 e. The van der Waals surface area contributed by atoms with E-state index in [1.807, 2.05) is 0 Å². The summed E-state index contributed by atoms with van der Waals surface area (Å²) in [7, 11) is 3.07. The number of rotatable bonds is 4. The van der Waals surface area contributed by atoms with Gasteiger partial charge in [-0.15, -0.1) is 0 Å². The van der Waals surface area contributed by atoms with Gasteiger partial charge in [-0.2, -0.15) is 0 Å². The molecule has 4 aromatic rings. The van der Waals surface area contributed by atoms with Crippen molar-refractivity contribution >= 4 is 33.7 Å². The minimum atomic E-state index is -0.595. The van der Waals surface area contributed by atoms with Crippen molar-refractivity contribution in [3.05, 3.63) is 94.3 Å². The van der Waals surface area contributed by atoms with Crippen molar-refractivity contribution in [2.45, 2.75) is 75.3 Å². The van der Waals surface area contributed by atoms with Gasteiger partial charge in [0.2, 0.25) is 0 Å². The molecule has 0 saturated carbocycles. The van der Waals surface area contributed by atoms with Crippen LogP contribution in [0.25, 0.3) is 21.8 Å². The predicted octanol–water partition coefficient (Wildman–Crippen LogP) is 6.35. The number of piperidine rings is 2. The van der Waals surface area contributed by atoms with E-state index in [0.29, 0.717) is 11.8 Å². The Morgan fingerprint density at radius 3 is 1.52 bits per heavy atom. The summed E-state index contributed by atoms with van der Waals surface area (Å²) in [4.78, 5) is 38.8. The second-order valence-corrected chi connectivity index (χ2v) is 15.4. The molecule has 8 atom stereocenters. The van der Waals surface area contributed by atoms with Crippen LogP contribution in [0.1, 0.15) is 62.0 Å². The van der Waals surface area contributed by atoms with Crippen LogP contribution in [-0.2, 0) is 42.7 Å². The van der Waals surface area contributed by atoms with Crippen molar-refractivity contribution in [1.29, 1.82) is 0 Å². The number of methoxy groups -OCH3 is 2. The minimum Gasteiger partial charge on any atom is -0.468 e.